The van der Waals surface area contributed by atoms with Crippen LogP contribution >= 0.6 is 0 Å². The maximum atomic E-state index is 12.6. The van der Waals surface area contributed by atoms with Crippen LogP contribution in [0.3, 0.4) is 0 Å². The van der Waals surface area contributed by atoms with Crippen molar-refractivity contribution < 1.29 is 4.79 Å². The van der Waals surface area contributed by atoms with Crippen molar-refractivity contribution in [2.45, 2.75) is 34.1 Å². The summed E-state index contributed by atoms with van der Waals surface area (Å²) in [5.74, 6) is 0.540. The quantitative estimate of drug-likeness (QED) is 0.856. The number of carbonyl (C=O) groups excluding carboxylic acids is 1. The van der Waals surface area contributed by atoms with Crippen LogP contribution in [0.15, 0.2) is 24.3 Å². The Kier molecular flexibility index (Phi) is 6.03. The number of hydrogen-bond donors (Lipinski definition) is 1. The lowest BCUT2D eigenvalue weighted by Crippen LogP contribution is -2.39. The Hall–Kier alpha value is -1.35. The highest BCUT2D eigenvalue weighted by Gasteiger charge is 2.24. The summed E-state index contributed by atoms with van der Waals surface area (Å²) in [6.07, 6.45) is 0.845. The number of rotatable bonds is 6. The van der Waals surface area contributed by atoms with Gasteiger partial charge in [-0.05, 0) is 43.9 Å². The molecule has 3 nitrogen and oxygen atoms in total. The van der Waals surface area contributed by atoms with Crippen LogP contribution < -0.4 is 10.6 Å². The summed E-state index contributed by atoms with van der Waals surface area (Å²) >= 11 is 0. The molecule has 1 amide bonds. The maximum Gasteiger partial charge on any atom is 0.231 e. The van der Waals surface area contributed by atoms with Crippen LogP contribution in [0, 0.1) is 18.8 Å². The first-order valence-electron chi connectivity index (χ1n) is 7.07. The molecule has 106 valence electrons. The molecule has 0 fully saturated rings. The number of anilines is 1. The lowest BCUT2D eigenvalue weighted by molar-refractivity contribution is -0.122. The topological polar surface area (TPSA) is 46.3 Å². The van der Waals surface area contributed by atoms with E-state index < -0.39 is 0 Å². The zero-order valence-electron chi connectivity index (χ0n) is 12.5. The van der Waals surface area contributed by atoms with Crippen LogP contribution in [-0.2, 0) is 4.79 Å². The Balaban J connectivity index is 2.92. The second-order valence-electron chi connectivity index (χ2n) is 5.48. The maximum absolute atomic E-state index is 12.6. The molecule has 0 saturated heterocycles. The molecule has 1 rings (SSSR count). The summed E-state index contributed by atoms with van der Waals surface area (Å²) in [6, 6.07) is 8.05. The standard InChI is InChI=1S/C16H26N2O/c1-5-18(15-8-6-7-13(4)10-15)16(19)14(11-17)9-12(2)3/h6-8,10,12,14H,5,9,11,17H2,1-4H3. The normalized spacial score (nSPS) is 12.5. The molecule has 3 heteroatoms. The van der Waals surface area contributed by atoms with Gasteiger partial charge in [0.25, 0.3) is 0 Å². The van der Waals surface area contributed by atoms with Gasteiger partial charge in [0.2, 0.25) is 5.91 Å². The number of carbonyl (C=O) groups is 1. The van der Waals surface area contributed by atoms with Crippen molar-refractivity contribution in [1.82, 2.24) is 0 Å². The van der Waals surface area contributed by atoms with Crippen LogP contribution in [0.2, 0.25) is 0 Å². The number of aryl methyl sites for hydroxylation is 1. The molecule has 2 N–H and O–H groups in total. The molecule has 19 heavy (non-hydrogen) atoms. The fourth-order valence-corrected chi connectivity index (χ4v) is 2.35. The minimum Gasteiger partial charge on any atom is -0.330 e. The molecule has 0 heterocycles. The van der Waals surface area contributed by atoms with Crippen LogP contribution in [0.5, 0.6) is 0 Å². The van der Waals surface area contributed by atoms with Gasteiger partial charge in [-0.1, -0.05) is 26.0 Å². The predicted octanol–water partition coefficient (Wildman–Crippen LogP) is 2.97. The first-order chi connectivity index (χ1) is 8.99. The molecule has 0 aliphatic carbocycles. The third-order valence-corrected chi connectivity index (χ3v) is 3.29. The molecule has 0 saturated carbocycles. The Morgan fingerprint density at radius 1 is 1.37 bits per heavy atom. The lowest BCUT2D eigenvalue weighted by Gasteiger charge is -2.27. The molecule has 1 atom stereocenters. The fourth-order valence-electron chi connectivity index (χ4n) is 2.35. The van der Waals surface area contributed by atoms with Gasteiger partial charge in [0.15, 0.2) is 0 Å². The highest BCUT2D eigenvalue weighted by molar-refractivity contribution is 5.95. The summed E-state index contributed by atoms with van der Waals surface area (Å²) in [6.45, 7) is 9.38. The van der Waals surface area contributed by atoms with E-state index in [0.29, 0.717) is 19.0 Å². The van der Waals surface area contributed by atoms with E-state index in [1.807, 2.05) is 43.0 Å². The van der Waals surface area contributed by atoms with E-state index in [1.165, 1.54) is 0 Å². The Labute approximate surface area is 116 Å². The molecule has 0 aliphatic heterocycles. The van der Waals surface area contributed by atoms with E-state index in [-0.39, 0.29) is 11.8 Å². The molecule has 1 aromatic carbocycles. The van der Waals surface area contributed by atoms with Gasteiger partial charge in [0.05, 0.1) is 5.92 Å². The molecule has 0 aromatic heterocycles. The zero-order chi connectivity index (χ0) is 14.4. The van der Waals surface area contributed by atoms with Crippen molar-refractivity contribution in [2.24, 2.45) is 17.6 Å². The summed E-state index contributed by atoms with van der Waals surface area (Å²) < 4.78 is 0. The molecule has 1 unspecified atom stereocenters. The Morgan fingerprint density at radius 2 is 2.05 bits per heavy atom. The lowest BCUT2D eigenvalue weighted by atomic mass is 9.95. The SMILES string of the molecule is CCN(C(=O)C(CN)CC(C)C)c1cccc(C)c1. The van der Waals surface area contributed by atoms with Crippen LogP contribution in [0.4, 0.5) is 5.69 Å². The van der Waals surface area contributed by atoms with Gasteiger partial charge in [-0.3, -0.25) is 4.79 Å². The van der Waals surface area contributed by atoms with E-state index in [4.69, 9.17) is 5.73 Å². The van der Waals surface area contributed by atoms with Gasteiger partial charge in [0.1, 0.15) is 0 Å². The summed E-state index contributed by atoms with van der Waals surface area (Å²) in [7, 11) is 0. The fraction of sp³-hybridized carbons (Fsp3) is 0.562. The largest absolute Gasteiger partial charge is 0.330 e. The minimum absolute atomic E-state index is 0.0829. The van der Waals surface area contributed by atoms with Crippen molar-refractivity contribution in [1.29, 1.82) is 0 Å². The number of nitrogens with zero attached hydrogens (tertiary/aromatic N) is 1. The molecular weight excluding hydrogens is 236 g/mol. The predicted molar refractivity (Wildman–Crippen MR) is 81.2 cm³/mol. The van der Waals surface area contributed by atoms with Crippen molar-refractivity contribution in [3.63, 3.8) is 0 Å². The van der Waals surface area contributed by atoms with Gasteiger partial charge in [-0.15, -0.1) is 0 Å². The van der Waals surface area contributed by atoms with Crippen LogP contribution in [-0.4, -0.2) is 19.0 Å². The smallest absolute Gasteiger partial charge is 0.231 e. The van der Waals surface area contributed by atoms with E-state index >= 15 is 0 Å². The second-order valence-corrected chi connectivity index (χ2v) is 5.48. The van der Waals surface area contributed by atoms with Crippen molar-refractivity contribution in [2.75, 3.05) is 18.0 Å². The first-order valence-corrected chi connectivity index (χ1v) is 7.07. The van der Waals surface area contributed by atoms with Gasteiger partial charge in [0, 0.05) is 18.8 Å². The highest BCUT2D eigenvalue weighted by Crippen LogP contribution is 2.21. The van der Waals surface area contributed by atoms with Crippen molar-refractivity contribution in [3.8, 4) is 0 Å². The number of amides is 1. The van der Waals surface area contributed by atoms with Crippen molar-refractivity contribution >= 4 is 11.6 Å². The van der Waals surface area contributed by atoms with E-state index in [2.05, 4.69) is 13.8 Å². The molecule has 1 aromatic rings. The second kappa shape index (κ2) is 7.29. The monoisotopic (exact) mass is 262 g/mol. The third-order valence-electron chi connectivity index (χ3n) is 3.29. The third kappa shape index (κ3) is 4.35. The summed E-state index contributed by atoms with van der Waals surface area (Å²) in [5, 5.41) is 0. The van der Waals surface area contributed by atoms with E-state index in [9.17, 15) is 4.79 Å². The minimum atomic E-state index is -0.0829. The molecule has 0 aliphatic rings. The average molecular weight is 262 g/mol. The average Bonchev–Trinajstić information content (AvgIpc) is 2.36. The van der Waals surface area contributed by atoms with Gasteiger partial charge >= 0.3 is 0 Å². The summed E-state index contributed by atoms with van der Waals surface area (Å²) in [5.41, 5.74) is 7.91. The zero-order valence-corrected chi connectivity index (χ0v) is 12.5. The summed E-state index contributed by atoms with van der Waals surface area (Å²) in [4.78, 5) is 14.4. The van der Waals surface area contributed by atoms with E-state index in [0.717, 1.165) is 17.7 Å². The number of benzene rings is 1. The highest BCUT2D eigenvalue weighted by atomic mass is 16.2. The van der Waals surface area contributed by atoms with Crippen molar-refractivity contribution in [3.05, 3.63) is 29.8 Å². The number of hydrogen-bond acceptors (Lipinski definition) is 2. The Morgan fingerprint density at radius 3 is 2.53 bits per heavy atom. The van der Waals surface area contributed by atoms with Gasteiger partial charge in [-0.2, -0.15) is 0 Å². The van der Waals surface area contributed by atoms with Gasteiger partial charge in [-0.25, -0.2) is 0 Å². The van der Waals surface area contributed by atoms with Gasteiger partial charge < -0.3 is 10.6 Å². The molecule has 0 spiro atoms. The van der Waals surface area contributed by atoms with Crippen LogP contribution in [0.25, 0.3) is 0 Å². The van der Waals surface area contributed by atoms with Crippen LogP contribution in [0.1, 0.15) is 32.8 Å². The molecule has 0 bridgehead atoms. The molecular formula is C16H26N2O. The molecule has 0 radical (unpaired) electrons. The first kappa shape index (κ1) is 15.7. The van der Waals surface area contributed by atoms with E-state index in [1.54, 1.807) is 0 Å². The number of nitrogens with two attached hydrogens (primary N) is 1. The Bertz CT molecular complexity index is 415.